The topological polar surface area (TPSA) is 36.9 Å². The second-order valence-electron chi connectivity index (χ2n) is 4.56. The van der Waals surface area contributed by atoms with Crippen LogP contribution in [0.3, 0.4) is 0 Å². The fraction of sp³-hybridized carbons (Fsp3) is 1.00. The highest BCUT2D eigenvalue weighted by Gasteiger charge is 2.55. The molecule has 0 amide bonds. The summed E-state index contributed by atoms with van der Waals surface area (Å²) in [6, 6.07) is 1.18. The molecule has 96 valence electrons. The second kappa shape index (κ2) is 5.74. The monoisotopic (exact) mass is 264 g/mol. The van der Waals surface area contributed by atoms with Crippen LogP contribution in [0.4, 0.5) is 0 Å². The first-order chi connectivity index (χ1) is 7.54. The Morgan fingerprint density at radius 2 is 1.69 bits per heavy atom. The number of hydrogen-bond donors (Lipinski definition) is 0. The Morgan fingerprint density at radius 3 is 2.06 bits per heavy atom. The van der Waals surface area contributed by atoms with Crippen molar-refractivity contribution in [2.24, 2.45) is 0 Å². The van der Waals surface area contributed by atoms with Crippen LogP contribution in [0.1, 0.15) is 19.8 Å². The summed E-state index contributed by atoms with van der Waals surface area (Å²) >= 11 is 0. The predicted octanol–water partition coefficient (Wildman–Crippen LogP) is 2.18. The Labute approximate surface area is 101 Å². The van der Waals surface area contributed by atoms with Crippen LogP contribution in [0, 0.1) is 0 Å². The van der Waals surface area contributed by atoms with E-state index in [-0.39, 0.29) is 5.16 Å². The van der Waals surface area contributed by atoms with E-state index in [1.807, 2.05) is 0 Å². The molecule has 0 aromatic rings. The van der Waals surface area contributed by atoms with E-state index < -0.39 is 17.1 Å². The molecule has 1 saturated heterocycles. The minimum Gasteiger partial charge on any atom is -0.417 e. The predicted molar refractivity (Wildman–Crippen MR) is 67.8 cm³/mol. The maximum atomic E-state index is 6.07. The van der Waals surface area contributed by atoms with E-state index in [9.17, 15) is 0 Å². The standard InChI is InChI=1S/C10H24O4Si2/c1-10(16(11-2,12-3)13-4)15(5)9-7-6-8-14-15/h10H,6-9H2,1-5H3. The van der Waals surface area contributed by atoms with Gasteiger partial charge in [0.05, 0.1) is 0 Å². The van der Waals surface area contributed by atoms with Crippen molar-refractivity contribution in [3.05, 3.63) is 0 Å². The van der Waals surface area contributed by atoms with Gasteiger partial charge < -0.3 is 17.7 Å². The van der Waals surface area contributed by atoms with Crippen LogP contribution in [0.15, 0.2) is 0 Å². The number of rotatable bonds is 5. The summed E-state index contributed by atoms with van der Waals surface area (Å²) in [4.78, 5) is 0. The highest BCUT2D eigenvalue weighted by Crippen LogP contribution is 2.39. The maximum Gasteiger partial charge on any atom is 0.502 e. The molecule has 0 radical (unpaired) electrons. The molecule has 1 heterocycles. The fourth-order valence-electron chi connectivity index (χ4n) is 2.45. The Balaban J connectivity index is 2.83. The Morgan fingerprint density at radius 1 is 1.12 bits per heavy atom. The highest BCUT2D eigenvalue weighted by atomic mass is 28.4. The third-order valence-corrected chi connectivity index (χ3v) is 13.5. The quantitative estimate of drug-likeness (QED) is 0.713. The van der Waals surface area contributed by atoms with Crippen LogP contribution in [0.5, 0.6) is 0 Å². The highest BCUT2D eigenvalue weighted by molar-refractivity contribution is 6.88. The maximum absolute atomic E-state index is 6.07. The van der Waals surface area contributed by atoms with Crippen LogP contribution >= 0.6 is 0 Å². The van der Waals surface area contributed by atoms with Gasteiger partial charge in [0.2, 0.25) is 0 Å². The first kappa shape index (κ1) is 14.3. The molecule has 2 atom stereocenters. The van der Waals surface area contributed by atoms with E-state index in [1.54, 1.807) is 21.3 Å². The minimum absolute atomic E-state index is 0.278. The van der Waals surface area contributed by atoms with Crippen molar-refractivity contribution in [2.45, 2.75) is 37.5 Å². The molecule has 1 rings (SSSR count). The molecule has 0 spiro atoms. The molecule has 1 aliphatic heterocycles. The normalized spacial score (nSPS) is 29.1. The van der Waals surface area contributed by atoms with Gasteiger partial charge in [0.15, 0.2) is 8.32 Å². The lowest BCUT2D eigenvalue weighted by molar-refractivity contribution is 0.116. The lowest BCUT2D eigenvalue weighted by Crippen LogP contribution is -2.58. The number of hydrogen-bond acceptors (Lipinski definition) is 4. The fourth-order valence-corrected chi connectivity index (χ4v) is 11.1. The van der Waals surface area contributed by atoms with Crippen molar-refractivity contribution >= 4 is 17.1 Å². The van der Waals surface area contributed by atoms with E-state index >= 15 is 0 Å². The molecule has 0 N–H and O–H groups in total. The first-order valence-corrected chi connectivity index (χ1v) is 10.3. The zero-order valence-electron chi connectivity index (χ0n) is 11.0. The van der Waals surface area contributed by atoms with Crippen LogP contribution in [0.2, 0.25) is 17.8 Å². The van der Waals surface area contributed by atoms with E-state index in [2.05, 4.69) is 13.5 Å². The van der Waals surface area contributed by atoms with Crippen molar-refractivity contribution in [1.82, 2.24) is 0 Å². The minimum atomic E-state index is -2.54. The van der Waals surface area contributed by atoms with Gasteiger partial charge in [0.25, 0.3) is 0 Å². The third kappa shape index (κ3) is 2.57. The van der Waals surface area contributed by atoms with E-state index in [4.69, 9.17) is 17.7 Å². The largest absolute Gasteiger partial charge is 0.502 e. The van der Waals surface area contributed by atoms with Crippen LogP contribution in [-0.4, -0.2) is 45.1 Å². The SMILES string of the molecule is CO[Si](OC)(OC)C(C)[Si]1(C)CCCCO1. The van der Waals surface area contributed by atoms with E-state index in [0.29, 0.717) is 0 Å². The first-order valence-electron chi connectivity index (χ1n) is 5.84. The van der Waals surface area contributed by atoms with Crippen LogP contribution in [-0.2, 0) is 17.7 Å². The molecule has 2 unspecified atom stereocenters. The van der Waals surface area contributed by atoms with E-state index in [1.165, 1.54) is 18.9 Å². The van der Waals surface area contributed by atoms with Gasteiger partial charge in [-0.2, -0.15) is 0 Å². The van der Waals surface area contributed by atoms with Gasteiger partial charge in [-0.3, -0.25) is 0 Å². The summed E-state index contributed by atoms with van der Waals surface area (Å²) < 4.78 is 22.8. The molecule has 1 fully saturated rings. The Kier molecular flexibility index (Phi) is 5.15. The van der Waals surface area contributed by atoms with Crippen molar-refractivity contribution in [1.29, 1.82) is 0 Å². The third-order valence-electron chi connectivity index (χ3n) is 3.80. The second-order valence-corrected chi connectivity index (χ2v) is 12.7. The molecule has 6 heteroatoms. The molecule has 16 heavy (non-hydrogen) atoms. The summed E-state index contributed by atoms with van der Waals surface area (Å²) in [5, 5.41) is 0.278. The molecular formula is C10H24O4Si2. The molecule has 1 aliphatic rings. The van der Waals surface area contributed by atoms with Crippen LogP contribution in [0.25, 0.3) is 0 Å². The van der Waals surface area contributed by atoms with Gasteiger partial charge in [-0.05, 0) is 19.0 Å². The summed E-state index contributed by atoms with van der Waals surface area (Å²) in [6.45, 7) is 5.32. The summed E-state index contributed by atoms with van der Waals surface area (Å²) in [5.74, 6) is 0. The summed E-state index contributed by atoms with van der Waals surface area (Å²) in [6.07, 6.45) is 2.44. The lowest BCUT2D eigenvalue weighted by atomic mass is 10.4. The zero-order valence-corrected chi connectivity index (χ0v) is 13.0. The Hall–Kier alpha value is 0.274. The summed E-state index contributed by atoms with van der Waals surface area (Å²) in [7, 11) is 0.735. The molecule has 0 saturated carbocycles. The van der Waals surface area contributed by atoms with Gasteiger partial charge in [-0.15, -0.1) is 0 Å². The summed E-state index contributed by atoms with van der Waals surface area (Å²) in [5.41, 5.74) is 0. The van der Waals surface area contributed by atoms with Gasteiger partial charge in [0, 0.05) is 33.1 Å². The van der Waals surface area contributed by atoms with Crippen molar-refractivity contribution < 1.29 is 17.7 Å². The Bertz CT molecular complexity index is 207. The van der Waals surface area contributed by atoms with Crippen molar-refractivity contribution in [2.75, 3.05) is 27.9 Å². The lowest BCUT2D eigenvalue weighted by Gasteiger charge is -2.42. The molecule has 0 aliphatic carbocycles. The zero-order chi connectivity index (χ0) is 12.2. The van der Waals surface area contributed by atoms with E-state index in [0.717, 1.165) is 6.61 Å². The average Bonchev–Trinajstić information content (AvgIpc) is 2.33. The average molecular weight is 264 g/mol. The molecule has 4 nitrogen and oxygen atoms in total. The molecular weight excluding hydrogens is 240 g/mol. The van der Waals surface area contributed by atoms with Crippen molar-refractivity contribution in [3.63, 3.8) is 0 Å². The molecule has 0 aromatic carbocycles. The van der Waals surface area contributed by atoms with Gasteiger partial charge in [-0.1, -0.05) is 13.3 Å². The molecule has 0 bridgehead atoms. The van der Waals surface area contributed by atoms with Crippen molar-refractivity contribution in [3.8, 4) is 0 Å². The van der Waals surface area contributed by atoms with Gasteiger partial charge in [0.1, 0.15) is 0 Å². The van der Waals surface area contributed by atoms with Gasteiger partial charge >= 0.3 is 8.80 Å². The van der Waals surface area contributed by atoms with Crippen LogP contribution < -0.4 is 0 Å². The molecule has 0 aromatic heterocycles. The smallest absolute Gasteiger partial charge is 0.417 e. The van der Waals surface area contributed by atoms with Gasteiger partial charge in [-0.25, -0.2) is 0 Å².